The molecule has 0 radical (unpaired) electrons. The number of hydrogen-bond donors (Lipinski definition) is 0. The first kappa shape index (κ1) is 21.8. The lowest BCUT2D eigenvalue weighted by Gasteiger charge is -2.15. The second-order valence-electron chi connectivity index (χ2n) is 8.71. The van der Waals surface area contributed by atoms with Gasteiger partial charge in [-0.05, 0) is 49.2 Å². The van der Waals surface area contributed by atoms with E-state index in [9.17, 15) is 0 Å². The van der Waals surface area contributed by atoms with Gasteiger partial charge in [0.15, 0.2) is 0 Å². The molecule has 4 heteroatoms. The summed E-state index contributed by atoms with van der Waals surface area (Å²) in [5.41, 5.74) is 7.20. The lowest BCUT2D eigenvalue weighted by Crippen LogP contribution is -2.19. The van der Waals surface area contributed by atoms with Crippen LogP contribution < -0.4 is 20.5 Å². The van der Waals surface area contributed by atoms with Crippen LogP contribution in [0.4, 0.5) is 11.4 Å². The number of nitrogens with zero attached hydrogens (tertiary/aromatic N) is 4. The smallest absolute Gasteiger partial charge is 0.0586 e. The molecule has 0 aliphatic heterocycles. The van der Waals surface area contributed by atoms with Crippen molar-refractivity contribution in [2.75, 3.05) is 38.0 Å². The minimum atomic E-state index is 0.864. The van der Waals surface area contributed by atoms with E-state index in [1.807, 2.05) is 0 Å². The first-order chi connectivity index (χ1) is 15.3. The van der Waals surface area contributed by atoms with Gasteiger partial charge in [0.05, 0.1) is 11.4 Å². The third kappa shape index (κ3) is 3.31. The third-order valence-electron chi connectivity index (χ3n) is 6.44. The molecule has 166 valence electrons. The highest BCUT2D eigenvalue weighted by Gasteiger charge is 2.22. The van der Waals surface area contributed by atoms with Crippen LogP contribution in [0.3, 0.4) is 0 Å². The molecular formula is C28H34N4. The summed E-state index contributed by atoms with van der Waals surface area (Å²) >= 11 is 0. The first-order valence-corrected chi connectivity index (χ1v) is 11.3. The summed E-state index contributed by atoms with van der Waals surface area (Å²) in [4.78, 5) is 4.25. The maximum Gasteiger partial charge on any atom is 0.0586 e. The molecule has 0 aliphatic carbocycles. The fourth-order valence-electron chi connectivity index (χ4n) is 4.74. The standard InChI is InChI=1S/C28H34N4/c1-9-31-19(3)25-26(27(31)21-11-15-23(16-12-21)29(5)6)20(4)32(10-2)28(25)22-13-17-24(18-14-22)30(7)8/h11-18H,3-4,9-10H2,1-2,5-8H3. The highest BCUT2D eigenvalue weighted by atomic mass is 15.1. The molecule has 0 saturated carbocycles. The number of aromatic nitrogens is 2. The zero-order chi connectivity index (χ0) is 23.2. The molecule has 32 heavy (non-hydrogen) atoms. The molecule has 0 bridgehead atoms. The zero-order valence-electron chi connectivity index (χ0n) is 20.2. The highest BCUT2D eigenvalue weighted by molar-refractivity contribution is 6.05. The van der Waals surface area contributed by atoms with E-state index in [0.29, 0.717) is 0 Å². The van der Waals surface area contributed by atoms with Gasteiger partial charge in [0.2, 0.25) is 0 Å². The van der Waals surface area contributed by atoms with Crippen LogP contribution in [0, 0.1) is 0 Å². The van der Waals surface area contributed by atoms with Gasteiger partial charge in [-0.1, -0.05) is 37.4 Å². The summed E-state index contributed by atoms with van der Waals surface area (Å²) in [5, 5.41) is 4.53. The Morgan fingerprint density at radius 1 is 0.594 bits per heavy atom. The van der Waals surface area contributed by atoms with Crippen LogP contribution in [0.2, 0.25) is 0 Å². The summed E-state index contributed by atoms with van der Waals surface area (Å²) in [7, 11) is 8.27. The second kappa shape index (κ2) is 8.27. The van der Waals surface area contributed by atoms with Crippen molar-refractivity contribution in [1.29, 1.82) is 0 Å². The second-order valence-corrected chi connectivity index (χ2v) is 8.71. The summed E-state index contributed by atoms with van der Waals surface area (Å²) in [6.45, 7) is 15.2. The minimum Gasteiger partial charge on any atom is -0.378 e. The predicted molar refractivity (Wildman–Crippen MR) is 141 cm³/mol. The summed E-state index contributed by atoms with van der Waals surface area (Å²) in [6.07, 6.45) is 0. The summed E-state index contributed by atoms with van der Waals surface area (Å²) in [6, 6.07) is 17.6. The van der Waals surface area contributed by atoms with Gasteiger partial charge < -0.3 is 18.9 Å². The van der Waals surface area contributed by atoms with Gasteiger partial charge in [0.1, 0.15) is 0 Å². The van der Waals surface area contributed by atoms with Crippen molar-refractivity contribution in [3.05, 3.63) is 59.2 Å². The molecule has 0 spiro atoms. The van der Waals surface area contributed by atoms with E-state index >= 15 is 0 Å². The average molecular weight is 427 g/mol. The molecule has 0 fully saturated rings. The largest absolute Gasteiger partial charge is 0.378 e. The number of anilines is 2. The molecule has 4 nitrogen and oxygen atoms in total. The predicted octanol–water partition coefficient (Wildman–Crippen LogP) is 4.77. The Balaban J connectivity index is 2.04. The van der Waals surface area contributed by atoms with E-state index in [2.05, 4.69) is 123 Å². The van der Waals surface area contributed by atoms with E-state index in [0.717, 1.165) is 23.8 Å². The molecule has 2 aromatic carbocycles. The van der Waals surface area contributed by atoms with Crippen molar-refractivity contribution >= 4 is 35.3 Å². The molecule has 2 aromatic heterocycles. The molecule has 0 unspecified atom stereocenters. The summed E-state index contributed by atoms with van der Waals surface area (Å²) < 4.78 is 4.67. The lowest BCUT2D eigenvalue weighted by molar-refractivity contribution is 0.743. The van der Waals surface area contributed by atoms with Crippen LogP contribution >= 0.6 is 0 Å². The molecule has 4 rings (SSSR count). The molecule has 0 amide bonds. The van der Waals surface area contributed by atoms with Gasteiger partial charge in [-0.25, -0.2) is 0 Å². The maximum atomic E-state index is 4.54. The summed E-state index contributed by atoms with van der Waals surface area (Å²) in [5.74, 6) is 0. The average Bonchev–Trinajstić information content (AvgIpc) is 3.24. The Hall–Kier alpha value is -3.40. The van der Waals surface area contributed by atoms with Crippen LogP contribution in [0.1, 0.15) is 13.8 Å². The van der Waals surface area contributed by atoms with E-state index < -0.39 is 0 Å². The lowest BCUT2D eigenvalue weighted by atomic mass is 10.1. The number of rotatable bonds is 6. The van der Waals surface area contributed by atoms with E-state index in [1.165, 1.54) is 44.7 Å². The third-order valence-corrected chi connectivity index (χ3v) is 6.44. The van der Waals surface area contributed by atoms with Crippen molar-refractivity contribution in [3.63, 3.8) is 0 Å². The Kier molecular flexibility index (Phi) is 5.64. The molecule has 0 aliphatic rings. The SMILES string of the molecule is C=c1c2c(-c3ccc(N(C)C)cc3)n(CC)c(=C)c2c(-c2ccc(N(C)C)cc2)n1CC. The van der Waals surface area contributed by atoms with Crippen molar-refractivity contribution in [1.82, 2.24) is 9.13 Å². The van der Waals surface area contributed by atoms with Crippen LogP contribution in [0.25, 0.3) is 46.4 Å². The molecule has 0 saturated heterocycles. The van der Waals surface area contributed by atoms with Gasteiger partial charge in [0, 0.05) is 74.1 Å². The van der Waals surface area contributed by atoms with Gasteiger partial charge in [-0.15, -0.1) is 0 Å². The van der Waals surface area contributed by atoms with Crippen molar-refractivity contribution in [3.8, 4) is 22.5 Å². The Morgan fingerprint density at radius 2 is 0.906 bits per heavy atom. The molecular weight excluding hydrogens is 392 g/mol. The van der Waals surface area contributed by atoms with E-state index in [4.69, 9.17) is 0 Å². The Bertz CT molecular complexity index is 1240. The fraction of sp³-hybridized carbons (Fsp3) is 0.286. The van der Waals surface area contributed by atoms with E-state index in [-0.39, 0.29) is 0 Å². The molecule has 0 atom stereocenters. The minimum absolute atomic E-state index is 0.864. The Labute approximate surface area is 191 Å². The van der Waals surface area contributed by atoms with Crippen LogP contribution in [0.5, 0.6) is 0 Å². The van der Waals surface area contributed by atoms with Gasteiger partial charge in [-0.2, -0.15) is 0 Å². The van der Waals surface area contributed by atoms with Crippen LogP contribution in [0.15, 0.2) is 48.5 Å². The Morgan fingerprint density at radius 3 is 1.16 bits per heavy atom. The van der Waals surface area contributed by atoms with Crippen molar-refractivity contribution in [2.24, 2.45) is 0 Å². The number of benzene rings is 2. The van der Waals surface area contributed by atoms with Gasteiger partial charge >= 0.3 is 0 Å². The van der Waals surface area contributed by atoms with Crippen LogP contribution in [-0.2, 0) is 13.1 Å². The normalized spacial score (nSPS) is 11.3. The van der Waals surface area contributed by atoms with Gasteiger partial charge in [-0.3, -0.25) is 0 Å². The molecule has 2 heterocycles. The van der Waals surface area contributed by atoms with Crippen molar-refractivity contribution < 1.29 is 0 Å². The number of hydrogen-bond acceptors (Lipinski definition) is 2. The highest BCUT2D eigenvalue weighted by Crippen LogP contribution is 2.34. The van der Waals surface area contributed by atoms with Gasteiger partial charge in [0.25, 0.3) is 0 Å². The quantitative estimate of drug-likeness (QED) is 0.442. The number of fused-ring (bicyclic) bond motifs is 1. The first-order valence-electron chi connectivity index (χ1n) is 11.3. The maximum absolute atomic E-state index is 4.54. The fourth-order valence-corrected chi connectivity index (χ4v) is 4.74. The molecule has 4 aromatic rings. The van der Waals surface area contributed by atoms with E-state index in [1.54, 1.807) is 0 Å². The topological polar surface area (TPSA) is 16.3 Å². The van der Waals surface area contributed by atoms with Crippen LogP contribution in [-0.4, -0.2) is 37.3 Å². The zero-order valence-corrected chi connectivity index (χ0v) is 20.2. The van der Waals surface area contributed by atoms with Crippen molar-refractivity contribution in [2.45, 2.75) is 26.9 Å². The molecule has 0 N–H and O–H groups in total. The monoisotopic (exact) mass is 426 g/mol.